The standard InChI is InChI=1S/C20H22ClN3O/c1-14(13-23(2)3)24-20(25)18-7-5-4-6-17(18)19(22-24)12-15-8-10-16(21)11-9-15/h4-11,14H,12-13H2,1-3H3. The molecule has 0 bridgehead atoms. The van der Waals surface area contributed by atoms with E-state index in [1.807, 2.05) is 69.6 Å². The van der Waals surface area contributed by atoms with Gasteiger partial charge in [0, 0.05) is 23.4 Å². The number of fused-ring (bicyclic) bond motifs is 1. The van der Waals surface area contributed by atoms with Gasteiger partial charge in [0.2, 0.25) is 0 Å². The molecule has 3 aromatic rings. The van der Waals surface area contributed by atoms with Crippen molar-refractivity contribution in [2.75, 3.05) is 20.6 Å². The average molecular weight is 356 g/mol. The molecule has 2 aromatic carbocycles. The molecule has 0 saturated heterocycles. The van der Waals surface area contributed by atoms with E-state index in [0.29, 0.717) is 16.8 Å². The Morgan fingerprint density at radius 1 is 1.08 bits per heavy atom. The van der Waals surface area contributed by atoms with Gasteiger partial charge in [0.1, 0.15) is 0 Å². The minimum absolute atomic E-state index is 0.00364. The van der Waals surface area contributed by atoms with Gasteiger partial charge in [-0.2, -0.15) is 5.10 Å². The van der Waals surface area contributed by atoms with Crippen LogP contribution in [0.3, 0.4) is 0 Å². The molecule has 0 saturated carbocycles. The third-order valence-electron chi connectivity index (χ3n) is 4.24. The highest BCUT2D eigenvalue weighted by Gasteiger charge is 2.15. The maximum Gasteiger partial charge on any atom is 0.274 e. The van der Waals surface area contributed by atoms with E-state index in [9.17, 15) is 4.79 Å². The van der Waals surface area contributed by atoms with E-state index in [2.05, 4.69) is 4.90 Å². The highest BCUT2D eigenvalue weighted by molar-refractivity contribution is 6.30. The summed E-state index contributed by atoms with van der Waals surface area (Å²) < 4.78 is 1.62. The van der Waals surface area contributed by atoms with Crippen LogP contribution in [0.1, 0.15) is 24.2 Å². The van der Waals surface area contributed by atoms with Crippen LogP contribution in [0.25, 0.3) is 10.8 Å². The minimum atomic E-state index is -0.0372. The molecule has 3 rings (SSSR count). The molecular weight excluding hydrogens is 334 g/mol. The molecular formula is C20H22ClN3O. The maximum absolute atomic E-state index is 12.9. The summed E-state index contributed by atoms with van der Waals surface area (Å²) >= 11 is 5.98. The molecule has 0 N–H and O–H groups in total. The second-order valence-electron chi connectivity index (χ2n) is 6.66. The van der Waals surface area contributed by atoms with Gasteiger partial charge in [0.15, 0.2) is 0 Å². The number of halogens is 1. The zero-order valence-electron chi connectivity index (χ0n) is 14.7. The van der Waals surface area contributed by atoms with Gasteiger partial charge in [-0.1, -0.05) is 41.9 Å². The summed E-state index contributed by atoms with van der Waals surface area (Å²) in [7, 11) is 3.99. The zero-order valence-corrected chi connectivity index (χ0v) is 15.5. The maximum atomic E-state index is 12.9. The Bertz CT molecular complexity index is 932. The Balaban J connectivity index is 2.11. The Morgan fingerprint density at radius 2 is 1.72 bits per heavy atom. The van der Waals surface area contributed by atoms with Crippen molar-refractivity contribution in [3.8, 4) is 0 Å². The molecule has 0 aliphatic carbocycles. The summed E-state index contributed by atoms with van der Waals surface area (Å²) in [6, 6.07) is 15.4. The van der Waals surface area contributed by atoms with E-state index < -0.39 is 0 Å². The number of rotatable bonds is 5. The summed E-state index contributed by atoms with van der Waals surface area (Å²) in [5.74, 6) is 0. The molecule has 5 heteroatoms. The van der Waals surface area contributed by atoms with Gasteiger partial charge >= 0.3 is 0 Å². The Morgan fingerprint density at radius 3 is 2.36 bits per heavy atom. The van der Waals surface area contributed by atoms with Crippen LogP contribution in [-0.2, 0) is 6.42 Å². The van der Waals surface area contributed by atoms with Gasteiger partial charge in [-0.15, -0.1) is 0 Å². The Labute approximate surface area is 152 Å². The van der Waals surface area contributed by atoms with Crippen molar-refractivity contribution in [1.82, 2.24) is 14.7 Å². The Kier molecular flexibility index (Phi) is 5.21. The number of nitrogens with zero attached hydrogens (tertiary/aromatic N) is 3. The summed E-state index contributed by atoms with van der Waals surface area (Å²) in [6.07, 6.45) is 0.659. The van der Waals surface area contributed by atoms with Crippen molar-refractivity contribution in [2.24, 2.45) is 0 Å². The molecule has 0 amide bonds. The fraction of sp³-hybridized carbons (Fsp3) is 0.300. The fourth-order valence-electron chi connectivity index (χ4n) is 3.10. The molecule has 1 atom stereocenters. The fourth-order valence-corrected chi connectivity index (χ4v) is 3.23. The van der Waals surface area contributed by atoms with Crippen molar-refractivity contribution < 1.29 is 0 Å². The lowest BCUT2D eigenvalue weighted by atomic mass is 10.0. The molecule has 4 nitrogen and oxygen atoms in total. The van der Waals surface area contributed by atoms with Crippen LogP contribution in [0.2, 0.25) is 5.02 Å². The monoisotopic (exact) mass is 355 g/mol. The summed E-state index contributed by atoms with van der Waals surface area (Å²) in [4.78, 5) is 14.9. The van der Waals surface area contributed by atoms with Crippen LogP contribution >= 0.6 is 11.6 Å². The number of likely N-dealkylation sites (N-methyl/N-ethyl adjacent to an activating group) is 1. The molecule has 1 unspecified atom stereocenters. The van der Waals surface area contributed by atoms with E-state index >= 15 is 0 Å². The molecule has 0 spiro atoms. The van der Waals surface area contributed by atoms with Gasteiger partial charge in [0.25, 0.3) is 5.56 Å². The van der Waals surface area contributed by atoms with Crippen molar-refractivity contribution >= 4 is 22.4 Å². The van der Waals surface area contributed by atoms with Crippen LogP contribution in [0, 0.1) is 0 Å². The summed E-state index contributed by atoms with van der Waals surface area (Å²) in [5.41, 5.74) is 1.99. The molecule has 0 fully saturated rings. The lowest BCUT2D eigenvalue weighted by Crippen LogP contribution is -2.33. The van der Waals surface area contributed by atoms with Crippen LogP contribution in [-0.4, -0.2) is 35.3 Å². The van der Waals surface area contributed by atoms with Gasteiger partial charge in [-0.25, -0.2) is 4.68 Å². The lowest BCUT2D eigenvalue weighted by molar-refractivity contribution is 0.315. The zero-order chi connectivity index (χ0) is 18.0. The second-order valence-corrected chi connectivity index (χ2v) is 7.09. The van der Waals surface area contributed by atoms with Gasteiger partial charge in [-0.05, 0) is 44.8 Å². The first-order valence-corrected chi connectivity index (χ1v) is 8.73. The third kappa shape index (κ3) is 3.91. The molecule has 1 heterocycles. The predicted octanol–water partition coefficient (Wildman–Crippen LogP) is 3.76. The number of hydrogen-bond donors (Lipinski definition) is 0. The molecule has 0 radical (unpaired) electrons. The van der Waals surface area contributed by atoms with Crippen molar-refractivity contribution in [3.05, 3.63) is 75.2 Å². The second kappa shape index (κ2) is 7.38. The van der Waals surface area contributed by atoms with E-state index in [-0.39, 0.29) is 11.6 Å². The SMILES string of the molecule is CC(CN(C)C)n1nc(Cc2ccc(Cl)cc2)c2ccccc2c1=O. The largest absolute Gasteiger partial charge is 0.307 e. The van der Waals surface area contributed by atoms with Crippen LogP contribution in [0.5, 0.6) is 0 Å². The average Bonchev–Trinajstić information content (AvgIpc) is 2.58. The summed E-state index contributed by atoms with van der Waals surface area (Å²) in [6.45, 7) is 2.78. The number of hydrogen-bond acceptors (Lipinski definition) is 3. The molecule has 0 aliphatic heterocycles. The smallest absolute Gasteiger partial charge is 0.274 e. The molecule has 130 valence electrons. The number of benzene rings is 2. The first kappa shape index (κ1) is 17.6. The summed E-state index contributed by atoms with van der Waals surface area (Å²) in [5, 5.41) is 7.06. The van der Waals surface area contributed by atoms with Gasteiger partial charge in [0.05, 0.1) is 17.1 Å². The van der Waals surface area contributed by atoms with Gasteiger partial charge < -0.3 is 4.90 Å². The molecule has 1 aromatic heterocycles. The van der Waals surface area contributed by atoms with Crippen molar-refractivity contribution in [3.63, 3.8) is 0 Å². The van der Waals surface area contributed by atoms with E-state index in [1.54, 1.807) is 4.68 Å². The van der Waals surface area contributed by atoms with Crippen LogP contribution in [0.4, 0.5) is 0 Å². The highest BCUT2D eigenvalue weighted by Crippen LogP contribution is 2.19. The topological polar surface area (TPSA) is 38.1 Å². The normalized spacial score (nSPS) is 12.7. The van der Waals surface area contributed by atoms with E-state index in [0.717, 1.165) is 23.2 Å². The van der Waals surface area contributed by atoms with Crippen LogP contribution in [0.15, 0.2) is 53.3 Å². The quantitative estimate of drug-likeness (QED) is 0.699. The Hall–Kier alpha value is -2.17. The third-order valence-corrected chi connectivity index (χ3v) is 4.49. The predicted molar refractivity (Wildman–Crippen MR) is 104 cm³/mol. The minimum Gasteiger partial charge on any atom is -0.307 e. The van der Waals surface area contributed by atoms with Gasteiger partial charge in [-0.3, -0.25) is 4.79 Å². The first-order valence-electron chi connectivity index (χ1n) is 8.35. The molecule has 0 aliphatic rings. The first-order chi connectivity index (χ1) is 12.0. The lowest BCUT2D eigenvalue weighted by Gasteiger charge is -2.20. The molecule has 25 heavy (non-hydrogen) atoms. The highest BCUT2D eigenvalue weighted by atomic mass is 35.5. The van der Waals surface area contributed by atoms with Crippen molar-refractivity contribution in [2.45, 2.75) is 19.4 Å². The number of aromatic nitrogens is 2. The van der Waals surface area contributed by atoms with E-state index in [4.69, 9.17) is 16.7 Å². The van der Waals surface area contributed by atoms with Crippen molar-refractivity contribution in [1.29, 1.82) is 0 Å². The van der Waals surface area contributed by atoms with E-state index in [1.165, 1.54) is 0 Å². The van der Waals surface area contributed by atoms with Crippen LogP contribution < -0.4 is 5.56 Å².